The minimum absolute atomic E-state index is 0.335. The minimum atomic E-state index is -0.814. The summed E-state index contributed by atoms with van der Waals surface area (Å²) in [7, 11) is 0. The Morgan fingerprint density at radius 2 is 2.35 bits per heavy atom. The number of hydrogen-bond donors (Lipinski definition) is 2. The Hall–Kier alpha value is -1.55. The summed E-state index contributed by atoms with van der Waals surface area (Å²) < 4.78 is 5.56. The molecule has 2 atom stereocenters. The number of para-hydroxylation sites is 1. The standard InChI is InChI=1S/C13H17NO3/c1-9(13(15)16)14-8-10-6-7-17-12-5-3-2-4-11(10)12/h2-5,9-10,14H,6-8H2,1H3,(H,15,16). The Bertz CT molecular complexity index is 405. The molecule has 0 amide bonds. The van der Waals surface area contributed by atoms with Gasteiger partial charge >= 0.3 is 5.97 Å². The molecule has 92 valence electrons. The molecule has 4 heteroatoms. The second-order valence-corrected chi connectivity index (χ2v) is 4.34. The summed E-state index contributed by atoms with van der Waals surface area (Å²) in [5.74, 6) is 0.445. The lowest BCUT2D eigenvalue weighted by molar-refractivity contribution is -0.139. The van der Waals surface area contributed by atoms with E-state index < -0.39 is 12.0 Å². The third-order valence-corrected chi connectivity index (χ3v) is 3.12. The van der Waals surface area contributed by atoms with E-state index in [4.69, 9.17) is 9.84 Å². The largest absolute Gasteiger partial charge is 0.493 e. The quantitative estimate of drug-likeness (QED) is 0.832. The molecule has 2 unspecified atom stereocenters. The molecule has 1 aliphatic heterocycles. The number of fused-ring (bicyclic) bond motifs is 1. The average Bonchev–Trinajstić information content (AvgIpc) is 2.35. The van der Waals surface area contributed by atoms with Crippen molar-refractivity contribution in [3.63, 3.8) is 0 Å². The van der Waals surface area contributed by atoms with E-state index >= 15 is 0 Å². The predicted molar refractivity (Wildman–Crippen MR) is 64.4 cm³/mol. The van der Waals surface area contributed by atoms with Crippen LogP contribution >= 0.6 is 0 Å². The Labute approximate surface area is 101 Å². The van der Waals surface area contributed by atoms with Crippen molar-refractivity contribution < 1.29 is 14.6 Å². The number of nitrogens with one attached hydrogen (secondary N) is 1. The van der Waals surface area contributed by atoms with Gasteiger partial charge in [0.25, 0.3) is 0 Å². The second kappa shape index (κ2) is 5.19. The summed E-state index contributed by atoms with van der Waals surface area (Å²) in [5.41, 5.74) is 1.17. The Balaban J connectivity index is 2.01. The van der Waals surface area contributed by atoms with Gasteiger partial charge < -0.3 is 15.2 Å². The number of benzene rings is 1. The van der Waals surface area contributed by atoms with Crippen LogP contribution < -0.4 is 10.1 Å². The van der Waals surface area contributed by atoms with Crippen molar-refractivity contribution >= 4 is 5.97 Å². The molecule has 1 aromatic carbocycles. The second-order valence-electron chi connectivity index (χ2n) is 4.34. The summed E-state index contributed by atoms with van der Waals surface area (Å²) in [4.78, 5) is 10.7. The number of carboxylic acid groups (broad SMARTS) is 1. The molecule has 1 aliphatic rings. The zero-order chi connectivity index (χ0) is 12.3. The molecule has 0 bridgehead atoms. The van der Waals surface area contributed by atoms with E-state index in [1.807, 2.05) is 24.3 Å². The lowest BCUT2D eigenvalue weighted by Crippen LogP contribution is -2.37. The van der Waals surface area contributed by atoms with Crippen molar-refractivity contribution in [1.82, 2.24) is 5.32 Å². The molecule has 1 aromatic rings. The van der Waals surface area contributed by atoms with Crippen LogP contribution in [-0.2, 0) is 4.79 Å². The van der Waals surface area contributed by atoms with E-state index in [1.165, 1.54) is 5.56 Å². The van der Waals surface area contributed by atoms with Crippen molar-refractivity contribution in [3.05, 3.63) is 29.8 Å². The molecule has 0 saturated heterocycles. The molecule has 2 rings (SSSR count). The van der Waals surface area contributed by atoms with Gasteiger partial charge in [0.05, 0.1) is 6.61 Å². The monoisotopic (exact) mass is 235 g/mol. The van der Waals surface area contributed by atoms with E-state index in [0.29, 0.717) is 19.1 Å². The zero-order valence-corrected chi connectivity index (χ0v) is 9.85. The first kappa shape index (κ1) is 11.9. The lowest BCUT2D eigenvalue weighted by atomic mass is 9.93. The van der Waals surface area contributed by atoms with Crippen molar-refractivity contribution in [1.29, 1.82) is 0 Å². The summed E-state index contributed by atoms with van der Waals surface area (Å²) in [6, 6.07) is 7.44. The molecule has 0 radical (unpaired) electrons. The third kappa shape index (κ3) is 2.77. The normalized spacial score (nSPS) is 20.2. The van der Waals surface area contributed by atoms with Gasteiger partial charge in [0.1, 0.15) is 11.8 Å². The molecule has 0 saturated carbocycles. The fourth-order valence-corrected chi connectivity index (χ4v) is 2.03. The smallest absolute Gasteiger partial charge is 0.320 e. The highest BCUT2D eigenvalue weighted by molar-refractivity contribution is 5.72. The Morgan fingerprint density at radius 3 is 3.12 bits per heavy atom. The summed E-state index contributed by atoms with van der Waals surface area (Å²) in [5, 5.41) is 11.9. The maximum atomic E-state index is 10.7. The number of ether oxygens (including phenoxy) is 1. The van der Waals surface area contributed by atoms with Crippen LogP contribution in [-0.4, -0.2) is 30.3 Å². The number of carboxylic acids is 1. The van der Waals surface area contributed by atoms with Crippen molar-refractivity contribution in [2.24, 2.45) is 0 Å². The number of hydrogen-bond acceptors (Lipinski definition) is 3. The molecule has 17 heavy (non-hydrogen) atoms. The predicted octanol–water partition coefficient (Wildman–Crippen LogP) is 1.62. The van der Waals surface area contributed by atoms with E-state index in [1.54, 1.807) is 6.92 Å². The Kier molecular flexibility index (Phi) is 3.64. The van der Waals surface area contributed by atoms with E-state index in [2.05, 4.69) is 5.32 Å². The molecular formula is C13H17NO3. The summed E-state index contributed by atoms with van der Waals surface area (Å²) >= 11 is 0. The van der Waals surface area contributed by atoms with Crippen LogP contribution in [0.3, 0.4) is 0 Å². The minimum Gasteiger partial charge on any atom is -0.493 e. The maximum Gasteiger partial charge on any atom is 0.320 e. The van der Waals surface area contributed by atoms with Crippen molar-refractivity contribution in [2.75, 3.05) is 13.2 Å². The van der Waals surface area contributed by atoms with Gasteiger partial charge in [-0.2, -0.15) is 0 Å². The van der Waals surface area contributed by atoms with Gasteiger partial charge in [-0.25, -0.2) is 0 Å². The fraction of sp³-hybridized carbons (Fsp3) is 0.462. The third-order valence-electron chi connectivity index (χ3n) is 3.12. The van der Waals surface area contributed by atoms with Gasteiger partial charge in [-0.3, -0.25) is 4.79 Å². The highest BCUT2D eigenvalue weighted by Gasteiger charge is 2.22. The molecule has 0 aliphatic carbocycles. The fourth-order valence-electron chi connectivity index (χ4n) is 2.03. The number of carbonyl (C=O) groups is 1. The van der Waals surface area contributed by atoms with Crippen LogP contribution in [0.25, 0.3) is 0 Å². The maximum absolute atomic E-state index is 10.7. The molecular weight excluding hydrogens is 218 g/mol. The first-order valence-corrected chi connectivity index (χ1v) is 5.86. The van der Waals surface area contributed by atoms with Crippen LogP contribution in [0.1, 0.15) is 24.8 Å². The molecule has 0 aromatic heterocycles. The highest BCUT2D eigenvalue weighted by atomic mass is 16.5. The number of aliphatic carboxylic acids is 1. The summed E-state index contributed by atoms with van der Waals surface area (Å²) in [6.45, 7) is 3.03. The van der Waals surface area contributed by atoms with Crippen LogP contribution in [0, 0.1) is 0 Å². The van der Waals surface area contributed by atoms with Gasteiger partial charge in [-0.05, 0) is 25.0 Å². The lowest BCUT2D eigenvalue weighted by Gasteiger charge is -2.26. The van der Waals surface area contributed by atoms with Gasteiger partial charge in [0.2, 0.25) is 0 Å². The van der Waals surface area contributed by atoms with Gasteiger partial charge in [-0.1, -0.05) is 18.2 Å². The molecule has 0 spiro atoms. The first-order chi connectivity index (χ1) is 8.18. The van der Waals surface area contributed by atoms with E-state index in [0.717, 1.165) is 12.2 Å². The first-order valence-electron chi connectivity index (χ1n) is 5.86. The van der Waals surface area contributed by atoms with Crippen molar-refractivity contribution in [3.8, 4) is 5.75 Å². The zero-order valence-electron chi connectivity index (χ0n) is 9.85. The Morgan fingerprint density at radius 1 is 1.59 bits per heavy atom. The van der Waals surface area contributed by atoms with Crippen molar-refractivity contribution in [2.45, 2.75) is 25.3 Å². The van der Waals surface area contributed by atoms with Crippen LogP contribution in [0.4, 0.5) is 0 Å². The molecule has 4 nitrogen and oxygen atoms in total. The van der Waals surface area contributed by atoms with Crippen LogP contribution in [0.2, 0.25) is 0 Å². The van der Waals surface area contributed by atoms with Crippen LogP contribution in [0.5, 0.6) is 5.75 Å². The molecule has 0 fully saturated rings. The number of rotatable bonds is 4. The van der Waals surface area contributed by atoms with Gasteiger partial charge in [-0.15, -0.1) is 0 Å². The van der Waals surface area contributed by atoms with E-state index in [-0.39, 0.29) is 0 Å². The van der Waals surface area contributed by atoms with Crippen LogP contribution in [0.15, 0.2) is 24.3 Å². The van der Waals surface area contributed by atoms with Gasteiger partial charge in [0.15, 0.2) is 0 Å². The highest BCUT2D eigenvalue weighted by Crippen LogP contribution is 2.32. The topological polar surface area (TPSA) is 58.6 Å². The molecule has 1 heterocycles. The SMILES string of the molecule is CC(NCC1CCOc2ccccc21)C(=O)O. The summed E-state index contributed by atoms with van der Waals surface area (Å²) in [6.07, 6.45) is 0.927. The van der Waals surface area contributed by atoms with Gasteiger partial charge in [0, 0.05) is 12.5 Å². The van der Waals surface area contributed by atoms with E-state index in [9.17, 15) is 4.79 Å². The average molecular weight is 235 g/mol. The molecule has 2 N–H and O–H groups in total.